The SMILES string of the molecule is CC(C)(C)[C@@]1(C(=O)O)CCCC[C@@H]1c1ccc(CN(C(=O)N2CCOCC2)c2ccccc2)cc1. The number of rotatable bonds is 5. The molecule has 0 radical (unpaired) electrons. The standard InChI is InChI=1S/C29H38N2O4/c1-28(2,3)29(26(32)33)16-8-7-11-25(29)23-14-12-22(13-15-23)21-31(24-9-5-4-6-10-24)27(34)30-17-19-35-20-18-30/h4-6,9-10,12-15,25H,7-8,11,16-21H2,1-3H3,(H,32,33)/t25-,29+/m1/s1. The maximum Gasteiger partial charge on any atom is 0.324 e. The number of carboxylic acids is 1. The van der Waals surface area contributed by atoms with Crippen LogP contribution in [0.4, 0.5) is 10.5 Å². The lowest BCUT2D eigenvalue weighted by Gasteiger charge is -2.49. The Morgan fingerprint density at radius 2 is 1.69 bits per heavy atom. The quantitative estimate of drug-likeness (QED) is 0.579. The van der Waals surface area contributed by atoms with Crippen molar-refractivity contribution in [3.63, 3.8) is 0 Å². The second kappa shape index (κ2) is 10.4. The van der Waals surface area contributed by atoms with Gasteiger partial charge in [-0.15, -0.1) is 0 Å². The molecule has 2 aliphatic rings. The number of nitrogens with zero attached hydrogens (tertiary/aromatic N) is 2. The lowest BCUT2D eigenvalue weighted by atomic mass is 9.53. The van der Waals surface area contributed by atoms with E-state index in [-0.39, 0.29) is 17.4 Å². The first-order chi connectivity index (χ1) is 16.7. The van der Waals surface area contributed by atoms with Crippen LogP contribution in [-0.2, 0) is 16.1 Å². The van der Waals surface area contributed by atoms with Crippen molar-refractivity contribution in [2.45, 2.75) is 58.9 Å². The zero-order chi connectivity index (χ0) is 25.1. The van der Waals surface area contributed by atoms with Crippen molar-refractivity contribution in [3.05, 3.63) is 65.7 Å². The van der Waals surface area contributed by atoms with Gasteiger partial charge in [0.05, 0.1) is 25.2 Å². The molecular weight excluding hydrogens is 440 g/mol. The smallest absolute Gasteiger partial charge is 0.324 e. The fraction of sp³-hybridized carbons (Fsp3) is 0.517. The lowest BCUT2D eigenvalue weighted by molar-refractivity contribution is -0.162. The van der Waals surface area contributed by atoms with E-state index >= 15 is 0 Å². The molecule has 35 heavy (non-hydrogen) atoms. The van der Waals surface area contributed by atoms with Crippen molar-refractivity contribution in [1.82, 2.24) is 4.90 Å². The third kappa shape index (κ3) is 5.08. The van der Waals surface area contributed by atoms with Crippen LogP contribution < -0.4 is 4.90 Å². The summed E-state index contributed by atoms with van der Waals surface area (Å²) in [6.45, 7) is 8.93. The van der Waals surface area contributed by atoms with Crippen LogP contribution in [0, 0.1) is 10.8 Å². The van der Waals surface area contributed by atoms with Gasteiger partial charge in [0, 0.05) is 24.7 Å². The van der Waals surface area contributed by atoms with Crippen molar-refractivity contribution in [2.75, 3.05) is 31.2 Å². The molecule has 2 aromatic carbocycles. The maximum atomic E-state index is 13.4. The van der Waals surface area contributed by atoms with E-state index in [2.05, 4.69) is 45.0 Å². The molecule has 2 aromatic rings. The summed E-state index contributed by atoms with van der Waals surface area (Å²) >= 11 is 0. The molecule has 4 rings (SSSR count). The Hall–Kier alpha value is -2.86. The highest BCUT2D eigenvalue weighted by Gasteiger charge is 2.55. The number of ether oxygens (including phenoxy) is 1. The third-order valence-electron chi connectivity index (χ3n) is 7.93. The van der Waals surface area contributed by atoms with E-state index in [0.29, 0.717) is 39.3 Å². The summed E-state index contributed by atoms with van der Waals surface area (Å²) in [5.74, 6) is -0.715. The molecule has 1 saturated carbocycles. The van der Waals surface area contributed by atoms with Gasteiger partial charge in [0.25, 0.3) is 0 Å². The molecule has 1 aliphatic heterocycles. The summed E-state index contributed by atoms with van der Waals surface area (Å²) in [5.41, 5.74) is 1.83. The van der Waals surface area contributed by atoms with Gasteiger partial charge < -0.3 is 14.7 Å². The van der Waals surface area contributed by atoms with Gasteiger partial charge in [-0.3, -0.25) is 9.69 Å². The molecule has 0 bridgehead atoms. The lowest BCUT2D eigenvalue weighted by Crippen LogP contribution is -2.49. The zero-order valence-corrected chi connectivity index (χ0v) is 21.2. The van der Waals surface area contributed by atoms with Crippen LogP contribution in [0.1, 0.15) is 63.5 Å². The average Bonchev–Trinajstić information content (AvgIpc) is 2.87. The van der Waals surface area contributed by atoms with Gasteiger partial charge >= 0.3 is 12.0 Å². The molecule has 6 nitrogen and oxygen atoms in total. The average molecular weight is 479 g/mol. The summed E-state index contributed by atoms with van der Waals surface area (Å²) in [6.07, 6.45) is 3.59. The molecule has 0 aromatic heterocycles. The number of amides is 2. The fourth-order valence-electron chi connectivity index (χ4n) is 5.94. The van der Waals surface area contributed by atoms with Gasteiger partial charge in [0.2, 0.25) is 0 Å². The fourth-order valence-corrected chi connectivity index (χ4v) is 5.94. The van der Waals surface area contributed by atoms with Gasteiger partial charge in [-0.05, 0) is 41.5 Å². The molecule has 2 atom stereocenters. The number of para-hydroxylation sites is 1. The highest BCUT2D eigenvalue weighted by molar-refractivity contribution is 5.92. The number of carbonyl (C=O) groups excluding carboxylic acids is 1. The summed E-state index contributed by atoms with van der Waals surface area (Å²) in [5, 5.41) is 10.4. The van der Waals surface area contributed by atoms with Crippen LogP contribution in [0.25, 0.3) is 0 Å². The Bertz CT molecular complexity index is 1010. The van der Waals surface area contributed by atoms with Gasteiger partial charge in [0.15, 0.2) is 0 Å². The Balaban J connectivity index is 1.60. The van der Waals surface area contributed by atoms with Gasteiger partial charge in [0.1, 0.15) is 0 Å². The van der Waals surface area contributed by atoms with E-state index in [1.165, 1.54) is 0 Å². The highest BCUT2D eigenvalue weighted by Crippen LogP contribution is 2.57. The molecule has 0 spiro atoms. The predicted molar refractivity (Wildman–Crippen MR) is 138 cm³/mol. The summed E-state index contributed by atoms with van der Waals surface area (Å²) in [7, 11) is 0. The first-order valence-corrected chi connectivity index (χ1v) is 12.8. The van der Waals surface area contributed by atoms with Crippen molar-refractivity contribution in [1.29, 1.82) is 0 Å². The van der Waals surface area contributed by atoms with Crippen LogP contribution >= 0.6 is 0 Å². The van der Waals surface area contributed by atoms with Crippen molar-refractivity contribution < 1.29 is 19.4 Å². The number of urea groups is 1. The third-order valence-corrected chi connectivity index (χ3v) is 7.93. The molecule has 1 saturated heterocycles. The predicted octanol–water partition coefficient (Wildman–Crippen LogP) is 5.92. The highest BCUT2D eigenvalue weighted by atomic mass is 16.5. The molecular formula is C29H38N2O4. The van der Waals surface area contributed by atoms with Crippen LogP contribution in [0.5, 0.6) is 0 Å². The van der Waals surface area contributed by atoms with Crippen molar-refractivity contribution in [2.24, 2.45) is 10.8 Å². The molecule has 6 heteroatoms. The second-order valence-corrected chi connectivity index (χ2v) is 10.9. The van der Waals surface area contributed by atoms with Gasteiger partial charge in [-0.2, -0.15) is 0 Å². The van der Waals surface area contributed by atoms with Crippen molar-refractivity contribution >= 4 is 17.7 Å². The molecule has 188 valence electrons. The molecule has 1 heterocycles. The van der Waals surface area contributed by atoms with E-state index < -0.39 is 11.4 Å². The Morgan fingerprint density at radius 3 is 2.29 bits per heavy atom. The number of hydrogen-bond donors (Lipinski definition) is 1. The number of morpholine rings is 1. The largest absolute Gasteiger partial charge is 0.481 e. The van der Waals surface area contributed by atoms with E-state index in [1.807, 2.05) is 40.1 Å². The number of hydrogen-bond acceptors (Lipinski definition) is 3. The van der Waals surface area contributed by atoms with Crippen LogP contribution in [0.15, 0.2) is 54.6 Å². The summed E-state index contributed by atoms with van der Waals surface area (Å²) < 4.78 is 5.43. The Labute approximate surface area is 208 Å². The molecule has 1 aliphatic carbocycles. The molecule has 2 fully saturated rings. The minimum absolute atomic E-state index is 0.0199. The monoisotopic (exact) mass is 478 g/mol. The van der Waals surface area contributed by atoms with Gasteiger partial charge in [-0.1, -0.05) is 76.1 Å². The van der Waals surface area contributed by atoms with E-state index in [9.17, 15) is 14.7 Å². The minimum Gasteiger partial charge on any atom is -0.481 e. The Kier molecular flexibility index (Phi) is 7.50. The number of carboxylic acid groups (broad SMARTS) is 1. The van der Waals surface area contributed by atoms with Crippen LogP contribution in [-0.4, -0.2) is 48.3 Å². The summed E-state index contributed by atoms with van der Waals surface area (Å²) in [6, 6.07) is 18.0. The molecule has 2 amide bonds. The molecule has 0 unspecified atom stereocenters. The number of carbonyl (C=O) groups is 2. The van der Waals surface area contributed by atoms with Crippen molar-refractivity contribution in [3.8, 4) is 0 Å². The van der Waals surface area contributed by atoms with Gasteiger partial charge in [-0.25, -0.2) is 4.79 Å². The number of anilines is 1. The van der Waals surface area contributed by atoms with Crippen LogP contribution in [0.3, 0.4) is 0 Å². The number of benzene rings is 2. The first kappa shape index (κ1) is 25.2. The van der Waals surface area contributed by atoms with E-state index in [1.54, 1.807) is 0 Å². The Morgan fingerprint density at radius 1 is 1.03 bits per heavy atom. The maximum absolute atomic E-state index is 13.4. The first-order valence-electron chi connectivity index (χ1n) is 12.8. The minimum atomic E-state index is -0.783. The van der Waals surface area contributed by atoms with E-state index in [0.717, 1.165) is 36.1 Å². The summed E-state index contributed by atoms with van der Waals surface area (Å²) in [4.78, 5) is 29.7. The van der Waals surface area contributed by atoms with E-state index in [4.69, 9.17) is 4.74 Å². The second-order valence-electron chi connectivity index (χ2n) is 10.9. The number of aliphatic carboxylic acids is 1. The topological polar surface area (TPSA) is 70.1 Å². The zero-order valence-electron chi connectivity index (χ0n) is 21.2. The van der Waals surface area contributed by atoms with Crippen LogP contribution in [0.2, 0.25) is 0 Å². The normalized spacial score (nSPS) is 23.1. The molecule has 1 N–H and O–H groups in total.